The van der Waals surface area contributed by atoms with Crippen LogP contribution >= 0.6 is 43.2 Å². The first-order chi connectivity index (χ1) is 13.8. The van der Waals surface area contributed by atoms with Crippen LogP contribution in [0, 0.1) is 20.8 Å². The number of carbonyl (C=O) groups is 1. The second-order valence-electron chi connectivity index (χ2n) is 7.26. The van der Waals surface area contributed by atoms with Crippen LogP contribution in [0.1, 0.15) is 28.5 Å². The van der Waals surface area contributed by atoms with E-state index in [1.54, 1.807) is 0 Å². The van der Waals surface area contributed by atoms with Gasteiger partial charge < -0.3 is 4.74 Å². The largest absolute Gasteiger partial charge is 0.426 e. The zero-order valence-electron chi connectivity index (χ0n) is 16.7. The third-order valence-electron chi connectivity index (χ3n) is 5.24. The number of fused-ring (bicyclic) bond motifs is 2. The molecule has 5 heteroatoms. The predicted molar refractivity (Wildman–Crippen MR) is 131 cm³/mol. The highest BCUT2D eigenvalue weighted by molar-refractivity contribution is 9.11. The molecule has 0 N–H and O–H groups in total. The number of hydrogen-bond acceptors (Lipinski definition) is 3. The van der Waals surface area contributed by atoms with Gasteiger partial charge in [0.15, 0.2) is 0 Å². The third kappa shape index (κ3) is 3.43. The molecule has 4 rings (SSSR count). The molecule has 0 amide bonds. The van der Waals surface area contributed by atoms with Crippen molar-refractivity contribution in [3.8, 4) is 16.9 Å². The predicted octanol–water partition coefficient (Wildman–Crippen LogP) is 8.23. The van der Waals surface area contributed by atoms with E-state index in [0.717, 1.165) is 26.5 Å². The quantitative estimate of drug-likeness (QED) is 0.151. The Balaban J connectivity index is 2.14. The van der Waals surface area contributed by atoms with E-state index in [9.17, 15) is 4.79 Å². The van der Waals surface area contributed by atoms with Crippen molar-refractivity contribution in [2.45, 2.75) is 33.0 Å². The van der Waals surface area contributed by atoms with Gasteiger partial charge in [-0.2, -0.15) is 0 Å². The van der Waals surface area contributed by atoms with Crippen molar-refractivity contribution in [3.05, 3.63) is 62.4 Å². The Bertz CT molecular complexity index is 1260. The Hall–Kier alpha value is -1.69. The van der Waals surface area contributed by atoms with Gasteiger partial charge in [0.25, 0.3) is 0 Å². The van der Waals surface area contributed by atoms with Gasteiger partial charge in [-0.25, -0.2) is 0 Å². The van der Waals surface area contributed by atoms with E-state index in [4.69, 9.17) is 4.74 Å². The van der Waals surface area contributed by atoms with E-state index in [2.05, 4.69) is 75.2 Å². The molecule has 2 nitrogen and oxygen atoms in total. The van der Waals surface area contributed by atoms with Crippen molar-refractivity contribution in [1.29, 1.82) is 0 Å². The molecular weight excluding hydrogens is 512 g/mol. The Morgan fingerprint density at radius 3 is 2.28 bits per heavy atom. The fraction of sp³-hybridized carbons (Fsp3) is 0.208. The van der Waals surface area contributed by atoms with Crippen molar-refractivity contribution < 1.29 is 9.53 Å². The second-order valence-corrected chi connectivity index (χ2v) is 9.71. The number of benzene rings is 3. The van der Waals surface area contributed by atoms with Crippen LogP contribution in [0.3, 0.4) is 0 Å². The highest BCUT2D eigenvalue weighted by Crippen LogP contribution is 2.48. The van der Waals surface area contributed by atoms with Crippen LogP contribution in [0.4, 0.5) is 0 Å². The number of aryl methyl sites for hydroxylation is 3. The lowest BCUT2D eigenvalue weighted by atomic mass is 9.91. The molecule has 0 fully saturated rings. The van der Waals surface area contributed by atoms with E-state index in [1.807, 2.05) is 25.2 Å². The fourth-order valence-electron chi connectivity index (χ4n) is 3.99. The maximum atomic E-state index is 11.5. The highest BCUT2D eigenvalue weighted by Gasteiger charge is 2.21. The van der Waals surface area contributed by atoms with Crippen molar-refractivity contribution in [3.63, 3.8) is 0 Å². The van der Waals surface area contributed by atoms with Crippen molar-refractivity contribution in [2.24, 2.45) is 0 Å². The van der Waals surface area contributed by atoms with Gasteiger partial charge in [-0.05, 0) is 87.4 Å². The minimum absolute atomic E-state index is 0.295. The maximum Gasteiger partial charge on any atom is 0.308 e. The smallest absolute Gasteiger partial charge is 0.308 e. The molecule has 0 spiro atoms. The molecule has 0 bridgehead atoms. The molecule has 1 aromatic heterocycles. The summed E-state index contributed by atoms with van der Waals surface area (Å²) < 4.78 is 7.87. The lowest BCUT2D eigenvalue weighted by molar-refractivity contribution is -0.131. The molecular formula is C24H20Br2O2S. The number of esters is 1. The summed E-state index contributed by atoms with van der Waals surface area (Å²) in [5.41, 5.74) is 5.61. The average molecular weight is 532 g/mol. The van der Waals surface area contributed by atoms with Crippen LogP contribution in [-0.4, -0.2) is 5.97 Å². The molecule has 0 aliphatic heterocycles. The first kappa shape index (κ1) is 20.6. The van der Waals surface area contributed by atoms with Gasteiger partial charge in [0.2, 0.25) is 0 Å². The number of carbonyl (C=O) groups excluding carboxylic acids is 1. The third-order valence-corrected chi connectivity index (χ3v) is 8.57. The molecule has 0 saturated carbocycles. The van der Waals surface area contributed by atoms with Crippen LogP contribution in [0.25, 0.3) is 32.0 Å². The summed E-state index contributed by atoms with van der Waals surface area (Å²) in [6, 6.07) is 12.8. The molecule has 0 unspecified atom stereocenters. The lowest BCUT2D eigenvalue weighted by Crippen LogP contribution is -2.04. The second kappa shape index (κ2) is 7.86. The number of halogens is 2. The molecule has 0 radical (unpaired) electrons. The zero-order chi connectivity index (χ0) is 20.9. The summed E-state index contributed by atoms with van der Waals surface area (Å²) in [4.78, 5) is 12.8. The number of hydrogen-bond donors (Lipinski definition) is 0. The van der Waals surface area contributed by atoms with Gasteiger partial charge in [0.05, 0.1) is 4.70 Å². The topological polar surface area (TPSA) is 26.3 Å². The van der Waals surface area contributed by atoms with E-state index < -0.39 is 0 Å². The number of rotatable bonds is 3. The zero-order valence-corrected chi connectivity index (χ0v) is 20.6. The molecule has 29 heavy (non-hydrogen) atoms. The molecule has 4 aromatic rings. The van der Waals surface area contributed by atoms with E-state index >= 15 is 0 Å². The van der Waals surface area contributed by atoms with Gasteiger partial charge >= 0.3 is 5.97 Å². The Labute approximate surface area is 191 Å². The van der Waals surface area contributed by atoms with E-state index in [0.29, 0.717) is 5.75 Å². The number of alkyl halides is 1. The van der Waals surface area contributed by atoms with Crippen LogP contribution in [0.15, 0.2) is 40.9 Å². The summed E-state index contributed by atoms with van der Waals surface area (Å²) in [5, 5.41) is 4.54. The highest BCUT2D eigenvalue weighted by atomic mass is 79.9. The SMILES string of the molecule is CC(=O)Oc1c(C)cc(-c2c3ccccc3c(Br)c3sc(CBr)c(C)c23)cc1C. The number of ether oxygens (including phenoxy) is 1. The molecule has 148 valence electrons. The van der Waals surface area contributed by atoms with Crippen molar-refractivity contribution in [2.75, 3.05) is 0 Å². The summed E-state index contributed by atoms with van der Waals surface area (Å²) >= 11 is 9.35. The summed E-state index contributed by atoms with van der Waals surface area (Å²) in [6.45, 7) is 7.64. The van der Waals surface area contributed by atoms with E-state index in [-0.39, 0.29) is 5.97 Å². The lowest BCUT2D eigenvalue weighted by Gasteiger charge is -2.16. The Kier molecular flexibility index (Phi) is 5.58. The summed E-state index contributed by atoms with van der Waals surface area (Å²) in [7, 11) is 0. The monoisotopic (exact) mass is 530 g/mol. The van der Waals surface area contributed by atoms with Gasteiger partial charge in [-0.1, -0.05) is 40.2 Å². The minimum atomic E-state index is -0.295. The molecule has 3 aromatic carbocycles. The maximum absolute atomic E-state index is 11.5. The molecule has 0 atom stereocenters. The number of thiophene rings is 1. The first-order valence-electron chi connectivity index (χ1n) is 9.31. The van der Waals surface area contributed by atoms with Crippen LogP contribution in [-0.2, 0) is 10.1 Å². The Morgan fingerprint density at radius 2 is 1.69 bits per heavy atom. The first-order valence-corrected chi connectivity index (χ1v) is 12.0. The van der Waals surface area contributed by atoms with Crippen LogP contribution in [0.5, 0.6) is 5.75 Å². The standard InChI is InChI=1S/C24H20Br2O2S/c1-12-9-16(10-13(2)23(12)28-15(4)27)21-17-7-5-6-8-18(17)22(26)24-20(21)14(3)19(11-25)29-24/h5-10H,11H2,1-4H3. The van der Waals surface area contributed by atoms with Crippen molar-refractivity contribution in [1.82, 2.24) is 0 Å². The summed E-state index contributed by atoms with van der Waals surface area (Å²) in [5.74, 6) is 0.359. The van der Waals surface area contributed by atoms with Gasteiger partial charge in [-0.15, -0.1) is 11.3 Å². The van der Waals surface area contributed by atoms with Gasteiger partial charge in [0.1, 0.15) is 5.75 Å². The molecule has 0 aliphatic carbocycles. The summed E-state index contributed by atoms with van der Waals surface area (Å²) in [6.07, 6.45) is 0. The minimum Gasteiger partial charge on any atom is -0.426 e. The molecule has 1 heterocycles. The van der Waals surface area contributed by atoms with Gasteiger partial charge in [-0.3, -0.25) is 4.79 Å². The Morgan fingerprint density at radius 1 is 1.07 bits per heavy atom. The molecule has 0 aliphatic rings. The fourth-order valence-corrected chi connectivity index (χ4v) is 6.66. The van der Waals surface area contributed by atoms with Crippen LogP contribution in [0.2, 0.25) is 0 Å². The normalized spacial score (nSPS) is 11.4. The van der Waals surface area contributed by atoms with Crippen LogP contribution < -0.4 is 4.74 Å². The van der Waals surface area contributed by atoms with Crippen molar-refractivity contribution >= 4 is 70.0 Å². The average Bonchev–Trinajstić information content (AvgIpc) is 3.02. The molecule has 0 saturated heterocycles. The van der Waals surface area contributed by atoms with E-state index in [1.165, 1.54) is 43.8 Å². The van der Waals surface area contributed by atoms with Gasteiger partial charge in [0, 0.05) is 27.0 Å².